The quantitative estimate of drug-likeness (QED) is 0.753. The first kappa shape index (κ1) is 16.1. The van der Waals surface area contributed by atoms with Gasteiger partial charge in [-0.2, -0.15) is 0 Å². The largest absolute Gasteiger partial charge is 0.508 e. The lowest BCUT2D eigenvalue weighted by molar-refractivity contribution is 0.0985. The Labute approximate surface area is 144 Å². The zero-order chi connectivity index (χ0) is 16.9. The van der Waals surface area contributed by atoms with E-state index < -0.39 is 0 Å². The van der Waals surface area contributed by atoms with Crippen molar-refractivity contribution in [1.82, 2.24) is 0 Å². The molecule has 3 aromatic rings. The number of ether oxygens (including phenoxy) is 1. The number of carbonyl (C=O) groups is 1. The zero-order valence-corrected chi connectivity index (χ0v) is 14.0. The lowest BCUT2D eigenvalue weighted by Crippen LogP contribution is -2.30. The van der Waals surface area contributed by atoms with Crippen molar-refractivity contribution in [3.8, 4) is 11.5 Å². The average Bonchev–Trinajstić information content (AvgIpc) is 3.13. The summed E-state index contributed by atoms with van der Waals surface area (Å²) in [6.45, 7) is 0.479. The Morgan fingerprint density at radius 3 is 2.38 bits per heavy atom. The van der Waals surface area contributed by atoms with Crippen molar-refractivity contribution in [2.45, 2.75) is 6.54 Å². The number of hydrogen-bond acceptors (Lipinski definition) is 4. The molecule has 0 saturated carbocycles. The topological polar surface area (TPSA) is 49.8 Å². The Kier molecular flexibility index (Phi) is 4.82. The number of hydrogen-bond donors (Lipinski definition) is 1. The maximum Gasteiger partial charge on any atom is 0.258 e. The van der Waals surface area contributed by atoms with Crippen LogP contribution in [0.2, 0.25) is 0 Å². The van der Waals surface area contributed by atoms with Gasteiger partial charge in [-0.25, -0.2) is 0 Å². The monoisotopic (exact) mass is 339 g/mol. The fraction of sp³-hybridized carbons (Fsp3) is 0.105. The van der Waals surface area contributed by atoms with Gasteiger partial charge in [-0.1, -0.05) is 6.07 Å². The van der Waals surface area contributed by atoms with Gasteiger partial charge in [-0.05, 0) is 60.0 Å². The summed E-state index contributed by atoms with van der Waals surface area (Å²) in [5.74, 6) is 0.782. The lowest BCUT2D eigenvalue weighted by Gasteiger charge is -2.22. The van der Waals surface area contributed by atoms with E-state index in [9.17, 15) is 9.90 Å². The predicted octanol–water partition coefficient (Wildman–Crippen LogP) is 4.31. The summed E-state index contributed by atoms with van der Waals surface area (Å²) < 4.78 is 5.14. The van der Waals surface area contributed by atoms with E-state index in [1.165, 1.54) is 0 Å². The van der Waals surface area contributed by atoms with E-state index in [0.717, 1.165) is 10.6 Å². The highest BCUT2D eigenvalue weighted by Crippen LogP contribution is 2.24. The van der Waals surface area contributed by atoms with Gasteiger partial charge in [0.1, 0.15) is 11.5 Å². The van der Waals surface area contributed by atoms with Gasteiger partial charge in [0.15, 0.2) is 0 Å². The molecule has 24 heavy (non-hydrogen) atoms. The Hall–Kier alpha value is -2.79. The standard InChI is InChI=1S/C19H17NO3S/c1-23-17-10-4-14(5-11-17)19(22)20(13-18-3-2-12-24-18)15-6-8-16(21)9-7-15/h2-12,21H,13H2,1H3. The van der Waals surface area contributed by atoms with Gasteiger partial charge in [0.25, 0.3) is 5.91 Å². The number of carbonyl (C=O) groups excluding carboxylic acids is 1. The zero-order valence-electron chi connectivity index (χ0n) is 13.2. The van der Waals surface area contributed by atoms with Crippen molar-refractivity contribution >= 4 is 22.9 Å². The first-order valence-corrected chi connectivity index (χ1v) is 8.32. The molecular weight excluding hydrogens is 322 g/mol. The molecule has 0 atom stereocenters. The number of rotatable bonds is 5. The molecule has 2 aromatic carbocycles. The third-order valence-corrected chi connectivity index (χ3v) is 4.50. The first-order valence-electron chi connectivity index (χ1n) is 7.45. The fourth-order valence-electron chi connectivity index (χ4n) is 2.36. The highest BCUT2D eigenvalue weighted by Gasteiger charge is 2.18. The van der Waals surface area contributed by atoms with Crippen molar-refractivity contribution in [2.75, 3.05) is 12.0 Å². The van der Waals surface area contributed by atoms with Gasteiger partial charge in [0, 0.05) is 16.1 Å². The smallest absolute Gasteiger partial charge is 0.258 e. The molecule has 0 spiro atoms. The van der Waals surface area contributed by atoms with Crippen LogP contribution in [0.1, 0.15) is 15.2 Å². The summed E-state index contributed by atoms with van der Waals surface area (Å²) in [7, 11) is 1.59. The highest BCUT2D eigenvalue weighted by atomic mass is 32.1. The number of amides is 1. The second kappa shape index (κ2) is 7.19. The number of aromatic hydroxyl groups is 1. The summed E-state index contributed by atoms with van der Waals surface area (Å²) in [6.07, 6.45) is 0. The Morgan fingerprint density at radius 2 is 1.79 bits per heavy atom. The molecule has 1 aromatic heterocycles. The van der Waals surface area contributed by atoms with Gasteiger partial charge in [0.05, 0.1) is 13.7 Å². The third-order valence-electron chi connectivity index (χ3n) is 3.64. The molecule has 0 fully saturated rings. The molecule has 1 amide bonds. The molecule has 1 N–H and O–H groups in total. The number of benzene rings is 2. The van der Waals surface area contributed by atoms with E-state index >= 15 is 0 Å². The van der Waals surface area contributed by atoms with Crippen LogP contribution in [0.4, 0.5) is 5.69 Å². The van der Waals surface area contributed by atoms with Crippen molar-refractivity contribution in [1.29, 1.82) is 0 Å². The van der Waals surface area contributed by atoms with Crippen LogP contribution in [-0.4, -0.2) is 18.1 Å². The van der Waals surface area contributed by atoms with E-state index in [-0.39, 0.29) is 11.7 Å². The van der Waals surface area contributed by atoms with Crippen LogP contribution in [0.5, 0.6) is 11.5 Å². The lowest BCUT2D eigenvalue weighted by atomic mass is 10.1. The van der Waals surface area contributed by atoms with Gasteiger partial charge in [-0.3, -0.25) is 4.79 Å². The molecule has 0 aliphatic carbocycles. The van der Waals surface area contributed by atoms with E-state index in [4.69, 9.17) is 4.74 Å². The van der Waals surface area contributed by atoms with Gasteiger partial charge >= 0.3 is 0 Å². The predicted molar refractivity (Wildman–Crippen MR) is 95.9 cm³/mol. The summed E-state index contributed by atoms with van der Waals surface area (Å²) in [6, 6.07) is 17.7. The minimum absolute atomic E-state index is 0.100. The Bertz CT molecular complexity index is 796. The molecule has 0 aliphatic heterocycles. The first-order chi connectivity index (χ1) is 11.7. The van der Waals surface area contributed by atoms with Crippen LogP contribution in [0.15, 0.2) is 66.0 Å². The molecule has 1 heterocycles. The number of methoxy groups -OCH3 is 1. The van der Waals surface area contributed by atoms with Gasteiger partial charge in [-0.15, -0.1) is 11.3 Å². The van der Waals surface area contributed by atoms with Gasteiger partial charge in [0.2, 0.25) is 0 Å². The SMILES string of the molecule is COc1ccc(C(=O)N(Cc2cccs2)c2ccc(O)cc2)cc1. The molecule has 0 unspecified atom stereocenters. The van der Waals surface area contributed by atoms with E-state index in [2.05, 4.69) is 0 Å². The summed E-state index contributed by atoms with van der Waals surface area (Å²) in [5, 5.41) is 11.5. The van der Waals surface area contributed by atoms with E-state index in [1.807, 2.05) is 17.5 Å². The minimum atomic E-state index is -0.100. The van der Waals surface area contributed by atoms with Crippen LogP contribution in [-0.2, 0) is 6.54 Å². The summed E-state index contributed by atoms with van der Waals surface area (Å²) >= 11 is 1.60. The average molecular weight is 339 g/mol. The summed E-state index contributed by atoms with van der Waals surface area (Å²) in [4.78, 5) is 15.8. The van der Waals surface area contributed by atoms with Crippen LogP contribution in [0.25, 0.3) is 0 Å². The maximum absolute atomic E-state index is 13.0. The van der Waals surface area contributed by atoms with Crippen LogP contribution in [0, 0.1) is 0 Å². The normalized spacial score (nSPS) is 10.4. The number of anilines is 1. The molecule has 0 saturated heterocycles. The number of nitrogens with zero attached hydrogens (tertiary/aromatic N) is 1. The van der Waals surface area contributed by atoms with Crippen molar-refractivity contribution in [3.63, 3.8) is 0 Å². The van der Waals surface area contributed by atoms with Crippen LogP contribution < -0.4 is 9.64 Å². The molecule has 0 aliphatic rings. The maximum atomic E-state index is 13.0. The Morgan fingerprint density at radius 1 is 1.08 bits per heavy atom. The van der Waals surface area contributed by atoms with Crippen LogP contribution >= 0.6 is 11.3 Å². The van der Waals surface area contributed by atoms with E-state index in [1.54, 1.807) is 71.9 Å². The molecule has 4 nitrogen and oxygen atoms in total. The van der Waals surface area contributed by atoms with Crippen molar-refractivity contribution in [2.24, 2.45) is 0 Å². The molecule has 0 bridgehead atoms. The molecule has 0 radical (unpaired) electrons. The molecule has 3 rings (SSSR count). The minimum Gasteiger partial charge on any atom is -0.508 e. The van der Waals surface area contributed by atoms with Crippen molar-refractivity contribution in [3.05, 3.63) is 76.5 Å². The molecule has 5 heteroatoms. The second-order valence-electron chi connectivity index (χ2n) is 5.22. The van der Waals surface area contributed by atoms with Gasteiger partial charge < -0.3 is 14.7 Å². The summed E-state index contributed by atoms with van der Waals surface area (Å²) in [5.41, 5.74) is 1.32. The molecule has 122 valence electrons. The number of phenols is 1. The van der Waals surface area contributed by atoms with E-state index in [0.29, 0.717) is 17.9 Å². The van der Waals surface area contributed by atoms with Crippen LogP contribution in [0.3, 0.4) is 0 Å². The van der Waals surface area contributed by atoms with Crippen molar-refractivity contribution < 1.29 is 14.6 Å². The molecular formula is C19H17NO3S. The fourth-order valence-corrected chi connectivity index (χ4v) is 3.05. The number of phenolic OH excluding ortho intramolecular Hbond substituents is 1. The second-order valence-corrected chi connectivity index (χ2v) is 6.25. The Balaban J connectivity index is 1.93. The number of thiophene rings is 1. The highest BCUT2D eigenvalue weighted by molar-refractivity contribution is 7.09. The third kappa shape index (κ3) is 3.58.